The molecule has 138 valence electrons. The molecule has 2 aromatic rings. The first kappa shape index (κ1) is 20.1. The summed E-state index contributed by atoms with van der Waals surface area (Å²) in [5.74, 6) is 0.297. The number of unbranched alkanes of at least 4 members (excludes halogenated alkanes) is 1. The predicted molar refractivity (Wildman–Crippen MR) is 110 cm³/mol. The molecule has 0 saturated heterocycles. The zero-order chi connectivity index (χ0) is 19.0. The summed E-state index contributed by atoms with van der Waals surface area (Å²) in [6.07, 6.45) is 4.94. The number of hydrogen-bond donors (Lipinski definition) is 0. The van der Waals surface area contributed by atoms with E-state index in [1.165, 1.54) is 0 Å². The molecule has 0 saturated carbocycles. The van der Waals surface area contributed by atoms with Crippen LogP contribution >= 0.6 is 0 Å². The molecule has 0 bridgehead atoms. The fourth-order valence-electron chi connectivity index (χ4n) is 3.53. The Labute approximate surface area is 158 Å². The largest absolute Gasteiger partial charge is 0.307 e. The van der Waals surface area contributed by atoms with Crippen LogP contribution in [0.1, 0.15) is 43.7 Å². The molecule has 0 aliphatic heterocycles. The van der Waals surface area contributed by atoms with Gasteiger partial charge in [0, 0.05) is 12.5 Å². The monoisotopic (exact) mass is 349 g/mol. The minimum atomic E-state index is -0.618. The first-order valence-electron chi connectivity index (χ1n) is 9.44. The first-order valence-corrected chi connectivity index (χ1v) is 9.44. The van der Waals surface area contributed by atoms with Crippen molar-refractivity contribution in [2.24, 2.45) is 0 Å². The van der Waals surface area contributed by atoms with Crippen LogP contribution in [0.15, 0.2) is 73.3 Å². The highest BCUT2D eigenvalue weighted by Crippen LogP contribution is 2.39. The highest BCUT2D eigenvalue weighted by Gasteiger charge is 2.42. The van der Waals surface area contributed by atoms with Crippen molar-refractivity contribution in [1.29, 1.82) is 0 Å². The molecule has 0 N–H and O–H groups in total. The third kappa shape index (κ3) is 4.50. The van der Waals surface area contributed by atoms with Crippen molar-refractivity contribution in [3.63, 3.8) is 0 Å². The van der Waals surface area contributed by atoms with Crippen LogP contribution in [-0.2, 0) is 10.2 Å². The number of carbonyl (C=O) groups excluding carboxylic acids is 1. The summed E-state index contributed by atoms with van der Waals surface area (Å²) in [6, 6.07) is 20.8. The normalized spacial score (nSPS) is 12.8. The van der Waals surface area contributed by atoms with Gasteiger partial charge in [0.1, 0.15) is 5.78 Å². The molecule has 1 atom stereocenters. The summed E-state index contributed by atoms with van der Waals surface area (Å²) in [4.78, 5) is 15.8. The number of ketones is 1. The van der Waals surface area contributed by atoms with Gasteiger partial charge in [-0.05, 0) is 51.4 Å². The Morgan fingerprint density at radius 2 is 1.54 bits per heavy atom. The Morgan fingerprint density at radius 3 is 1.96 bits per heavy atom. The summed E-state index contributed by atoms with van der Waals surface area (Å²) in [5.41, 5.74) is 1.56. The third-order valence-corrected chi connectivity index (χ3v) is 5.30. The summed E-state index contributed by atoms with van der Waals surface area (Å²) in [6.45, 7) is 5.98. The highest BCUT2D eigenvalue weighted by molar-refractivity contribution is 5.94. The Bertz CT molecular complexity index is 651. The Hall–Kier alpha value is -2.19. The minimum absolute atomic E-state index is 0.277. The molecule has 0 radical (unpaired) electrons. The maximum Gasteiger partial charge on any atom is 0.147 e. The van der Waals surface area contributed by atoms with E-state index in [1.54, 1.807) is 0 Å². The zero-order valence-corrected chi connectivity index (χ0v) is 16.3. The topological polar surface area (TPSA) is 20.3 Å². The average molecular weight is 350 g/mol. The van der Waals surface area contributed by atoms with Crippen LogP contribution in [0, 0.1) is 0 Å². The zero-order valence-electron chi connectivity index (χ0n) is 16.3. The number of Topliss-reactive ketones (excluding diaryl/α,β-unsaturated/α-hetero) is 1. The van der Waals surface area contributed by atoms with Gasteiger partial charge in [-0.15, -0.1) is 6.58 Å². The number of rotatable bonds is 10. The Balaban J connectivity index is 2.58. The maximum absolute atomic E-state index is 13.6. The molecule has 0 aromatic heterocycles. The average Bonchev–Trinajstić information content (AvgIpc) is 2.67. The van der Waals surface area contributed by atoms with Crippen LogP contribution in [0.4, 0.5) is 0 Å². The molecule has 2 nitrogen and oxygen atoms in total. The van der Waals surface area contributed by atoms with Crippen LogP contribution in [-0.4, -0.2) is 30.8 Å². The molecule has 0 fully saturated rings. The van der Waals surface area contributed by atoms with E-state index in [4.69, 9.17) is 0 Å². The van der Waals surface area contributed by atoms with Crippen molar-refractivity contribution in [2.75, 3.05) is 14.1 Å². The molecule has 0 unspecified atom stereocenters. The number of carbonyl (C=O) groups is 1. The molecular weight excluding hydrogens is 318 g/mol. The summed E-state index contributed by atoms with van der Waals surface area (Å²) in [5, 5.41) is 0. The Kier molecular flexibility index (Phi) is 7.35. The van der Waals surface area contributed by atoms with Gasteiger partial charge in [-0.3, -0.25) is 4.79 Å². The molecule has 0 heterocycles. The fourth-order valence-corrected chi connectivity index (χ4v) is 3.53. The van der Waals surface area contributed by atoms with Gasteiger partial charge in [0.15, 0.2) is 0 Å². The minimum Gasteiger partial charge on any atom is -0.307 e. The predicted octanol–water partition coefficient (Wildman–Crippen LogP) is 5.24. The molecule has 0 amide bonds. The standard InChI is InChI=1S/C24H31NO/c1-5-6-9-18-23(26)24(19-20(2)25(3)4,21-14-10-7-11-15-21)22-16-12-8-13-17-22/h5,7-8,10-17,20H,1,6,9,18-19H2,2-4H3/t20-/m0/s1. The van der Waals surface area contributed by atoms with E-state index in [9.17, 15) is 4.79 Å². The SMILES string of the molecule is C=CCCCC(=O)C(C[C@H](C)N(C)C)(c1ccccc1)c1ccccc1. The van der Waals surface area contributed by atoms with E-state index in [2.05, 4.69) is 56.8 Å². The molecule has 0 aliphatic rings. The quantitative estimate of drug-likeness (QED) is 0.432. The highest BCUT2D eigenvalue weighted by atomic mass is 16.1. The van der Waals surface area contributed by atoms with Gasteiger partial charge >= 0.3 is 0 Å². The second-order valence-electron chi connectivity index (χ2n) is 7.26. The molecular formula is C24H31NO. The number of allylic oxidation sites excluding steroid dienone is 1. The van der Waals surface area contributed by atoms with E-state index < -0.39 is 5.41 Å². The van der Waals surface area contributed by atoms with E-state index in [0.29, 0.717) is 12.2 Å². The van der Waals surface area contributed by atoms with E-state index in [0.717, 1.165) is 30.4 Å². The second kappa shape index (κ2) is 9.49. The lowest BCUT2D eigenvalue weighted by atomic mass is 9.66. The number of benzene rings is 2. The molecule has 0 aliphatic carbocycles. The molecule has 2 aromatic carbocycles. The van der Waals surface area contributed by atoms with Gasteiger partial charge < -0.3 is 4.90 Å². The van der Waals surface area contributed by atoms with Gasteiger partial charge in [0.2, 0.25) is 0 Å². The summed E-state index contributed by atoms with van der Waals surface area (Å²) in [7, 11) is 4.15. The Morgan fingerprint density at radius 1 is 1.04 bits per heavy atom. The smallest absolute Gasteiger partial charge is 0.147 e. The van der Waals surface area contributed by atoms with E-state index in [-0.39, 0.29) is 6.04 Å². The van der Waals surface area contributed by atoms with Crippen LogP contribution < -0.4 is 0 Å². The third-order valence-electron chi connectivity index (χ3n) is 5.30. The van der Waals surface area contributed by atoms with Gasteiger partial charge in [-0.1, -0.05) is 66.7 Å². The lowest BCUT2D eigenvalue weighted by molar-refractivity contribution is -0.124. The summed E-state index contributed by atoms with van der Waals surface area (Å²) < 4.78 is 0. The first-order chi connectivity index (χ1) is 12.5. The van der Waals surface area contributed by atoms with Crippen molar-refractivity contribution < 1.29 is 4.79 Å². The van der Waals surface area contributed by atoms with Crippen molar-refractivity contribution in [1.82, 2.24) is 4.90 Å². The molecule has 26 heavy (non-hydrogen) atoms. The van der Waals surface area contributed by atoms with Crippen molar-refractivity contribution in [3.8, 4) is 0 Å². The lowest BCUT2D eigenvalue weighted by Gasteiger charge is -2.38. The van der Waals surface area contributed by atoms with Crippen LogP contribution in [0.3, 0.4) is 0 Å². The summed E-state index contributed by atoms with van der Waals surface area (Å²) >= 11 is 0. The van der Waals surface area contributed by atoms with Gasteiger partial charge in [0.25, 0.3) is 0 Å². The fraction of sp³-hybridized carbons (Fsp3) is 0.375. The van der Waals surface area contributed by atoms with E-state index >= 15 is 0 Å². The van der Waals surface area contributed by atoms with Crippen LogP contribution in [0.25, 0.3) is 0 Å². The van der Waals surface area contributed by atoms with Crippen molar-refractivity contribution >= 4 is 5.78 Å². The van der Waals surface area contributed by atoms with E-state index in [1.807, 2.05) is 42.5 Å². The second-order valence-corrected chi connectivity index (χ2v) is 7.26. The lowest BCUT2D eigenvalue weighted by Crippen LogP contribution is -2.43. The number of nitrogens with zero attached hydrogens (tertiary/aromatic N) is 1. The van der Waals surface area contributed by atoms with Gasteiger partial charge in [-0.2, -0.15) is 0 Å². The van der Waals surface area contributed by atoms with Crippen molar-refractivity contribution in [3.05, 3.63) is 84.4 Å². The molecule has 0 spiro atoms. The maximum atomic E-state index is 13.6. The van der Waals surface area contributed by atoms with Crippen LogP contribution in [0.5, 0.6) is 0 Å². The van der Waals surface area contributed by atoms with Crippen molar-refractivity contribution in [2.45, 2.75) is 44.1 Å². The molecule has 2 rings (SSSR count). The number of hydrogen-bond acceptors (Lipinski definition) is 2. The van der Waals surface area contributed by atoms with Crippen LogP contribution in [0.2, 0.25) is 0 Å². The van der Waals surface area contributed by atoms with Gasteiger partial charge in [0.05, 0.1) is 5.41 Å². The van der Waals surface area contributed by atoms with Gasteiger partial charge in [-0.25, -0.2) is 0 Å². The molecule has 2 heteroatoms.